The van der Waals surface area contributed by atoms with E-state index >= 15 is 0 Å². The van der Waals surface area contributed by atoms with Gasteiger partial charge >= 0.3 is 0 Å². The molecule has 1 rings (SSSR count). The summed E-state index contributed by atoms with van der Waals surface area (Å²) >= 11 is 0. The van der Waals surface area contributed by atoms with Crippen LogP contribution < -0.4 is 0 Å². The SMILES string of the molecule is CC(C)C1CC=C(C#N)CC1. The fourth-order valence-corrected chi connectivity index (χ4v) is 1.56. The first-order chi connectivity index (χ1) is 5.24. The summed E-state index contributed by atoms with van der Waals surface area (Å²) in [6.45, 7) is 4.52. The van der Waals surface area contributed by atoms with E-state index in [2.05, 4.69) is 26.0 Å². The predicted molar refractivity (Wildman–Crippen MR) is 45.9 cm³/mol. The van der Waals surface area contributed by atoms with Crippen molar-refractivity contribution in [2.24, 2.45) is 11.8 Å². The summed E-state index contributed by atoms with van der Waals surface area (Å²) in [5.41, 5.74) is 0.988. The topological polar surface area (TPSA) is 23.8 Å². The van der Waals surface area contributed by atoms with E-state index in [1.165, 1.54) is 6.42 Å². The molecule has 0 aromatic carbocycles. The smallest absolute Gasteiger partial charge is 0.0943 e. The zero-order valence-corrected chi connectivity index (χ0v) is 7.30. The lowest BCUT2D eigenvalue weighted by molar-refractivity contribution is 0.353. The fourth-order valence-electron chi connectivity index (χ4n) is 1.56. The van der Waals surface area contributed by atoms with Gasteiger partial charge in [-0.25, -0.2) is 0 Å². The fraction of sp³-hybridized carbons (Fsp3) is 0.700. The maximum Gasteiger partial charge on any atom is 0.0943 e. The van der Waals surface area contributed by atoms with Gasteiger partial charge in [-0.2, -0.15) is 5.26 Å². The third kappa shape index (κ3) is 2.08. The van der Waals surface area contributed by atoms with Crippen LogP contribution in [0.2, 0.25) is 0 Å². The Balaban J connectivity index is 2.49. The monoisotopic (exact) mass is 149 g/mol. The first-order valence-corrected chi connectivity index (χ1v) is 4.33. The van der Waals surface area contributed by atoms with Gasteiger partial charge in [-0.1, -0.05) is 19.9 Å². The molecule has 60 valence electrons. The summed E-state index contributed by atoms with van der Waals surface area (Å²) in [6, 6.07) is 2.22. The Morgan fingerprint density at radius 1 is 1.64 bits per heavy atom. The molecule has 0 spiro atoms. The van der Waals surface area contributed by atoms with Crippen molar-refractivity contribution in [1.29, 1.82) is 5.26 Å². The van der Waals surface area contributed by atoms with E-state index in [-0.39, 0.29) is 0 Å². The minimum atomic E-state index is 0.770. The van der Waals surface area contributed by atoms with Gasteiger partial charge < -0.3 is 0 Å². The van der Waals surface area contributed by atoms with Gasteiger partial charge in [-0.05, 0) is 31.1 Å². The van der Waals surface area contributed by atoms with E-state index in [0.717, 1.165) is 30.3 Å². The third-order valence-electron chi connectivity index (χ3n) is 2.54. The lowest BCUT2D eigenvalue weighted by Gasteiger charge is -2.22. The van der Waals surface area contributed by atoms with E-state index in [1.54, 1.807) is 0 Å². The molecule has 0 aliphatic heterocycles. The molecule has 11 heavy (non-hydrogen) atoms. The molecular formula is C10H15N. The predicted octanol–water partition coefficient (Wildman–Crippen LogP) is 2.89. The van der Waals surface area contributed by atoms with Crippen LogP contribution in [0.3, 0.4) is 0 Å². The van der Waals surface area contributed by atoms with Crippen LogP contribution in [-0.2, 0) is 0 Å². The van der Waals surface area contributed by atoms with E-state index in [1.807, 2.05) is 0 Å². The molecule has 0 heterocycles. The van der Waals surface area contributed by atoms with Crippen molar-refractivity contribution >= 4 is 0 Å². The van der Waals surface area contributed by atoms with E-state index in [4.69, 9.17) is 5.26 Å². The van der Waals surface area contributed by atoms with Crippen molar-refractivity contribution in [3.8, 4) is 6.07 Å². The Labute approximate surface area is 68.7 Å². The van der Waals surface area contributed by atoms with Crippen LogP contribution in [-0.4, -0.2) is 0 Å². The molecular weight excluding hydrogens is 134 g/mol. The molecule has 0 saturated heterocycles. The molecule has 0 N–H and O–H groups in total. The zero-order chi connectivity index (χ0) is 8.27. The lowest BCUT2D eigenvalue weighted by atomic mass is 9.83. The number of nitrogens with zero attached hydrogens (tertiary/aromatic N) is 1. The minimum Gasteiger partial charge on any atom is -0.193 e. The summed E-state index contributed by atoms with van der Waals surface area (Å²) < 4.78 is 0. The molecule has 1 nitrogen and oxygen atoms in total. The lowest BCUT2D eigenvalue weighted by Crippen LogP contribution is -2.11. The van der Waals surface area contributed by atoms with Crippen LogP contribution in [0.15, 0.2) is 11.6 Å². The third-order valence-corrected chi connectivity index (χ3v) is 2.54. The molecule has 0 aromatic heterocycles. The average molecular weight is 149 g/mol. The maximum absolute atomic E-state index is 8.60. The van der Waals surface area contributed by atoms with Crippen LogP contribution in [0.1, 0.15) is 33.1 Å². The second-order valence-electron chi connectivity index (χ2n) is 3.62. The van der Waals surface area contributed by atoms with Gasteiger partial charge in [0.1, 0.15) is 0 Å². The first-order valence-electron chi connectivity index (χ1n) is 4.33. The second-order valence-corrected chi connectivity index (χ2v) is 3.62. The van der Waals surface area contributed by atoms with Gasteiger partial charge in [0.25, 0.3) is 0 Å². The number of allylic oxidation sites excluding steroid dienone is 2. The number of hydrogen-bond acceptors (Lipinski definition) is 1. The molecule has 0 aromatic rings. The van der Waals surface area contributed by atoms with E-state index in [0.29, 0.717) is 0 Å². The highest BCUT2D eigenvalue weighted by atomic mass is 14.3. The molecule has 0 bridgehead atoms. The highest BCUT2D eigenvalue weighted by molar-refractivity contribution is 5.22. The number of nitriles is 1. The van der Waals surface area contributed by atoms with Crippen molar-refractivity contribution < 1.29 is 0 Å². The molecule has 1 aliphatic rings. The van der Waals surface area contributed by atoms with Crippen molar-refractivity contribution in [3.63, 3.8) is 0 Å². The van der Waals surface area contributed by atoms with Gasteiger partial charge in [0.2, 0.25) is 0 Å². The summed E-state index contributed by atoms with van der Waals surface area (Å²) in [5, 5.41) is 8.60. The Hall–Kier alpha value is -0.770. The highest BCUT2D eigenvalue weighted by Gasteiger charge is 2.16. The number of rotatable bonds is 1. The Bertz CT molecular complexity index is 195. The van der Waals surface area contributed by atoms with Crippen molar-refractivity contribution in [2.75, 3.05) is 0 Å². The zero-order valence-electron chi connectivity index (χ0n) is 7.30. The molecule has 0 saturated carbocycles. The Morgan fingerprint density at radius 2 is 2.36 bits per heavy atom. The second kappa shape index (κ2) is 3.57. The van der Waals surface area contributed by atoms with E-state index in [9.17, 15) is 0 Å². The maximum atomic E-state index is 8.60. The van der Waals surface area contributed by atoms with Crippen LogP contribution in [0.25, 0.3) is 0 Å². The molecule has 0 fully saturated rings. The molecule has 1 atom stereocenters. The Kier molecular flexibility index (Phi) is 2.70. The summed E-state index contributed by atoms with van der Waals surface area (Å²) in [4.78, 5) is 0. The van der Waals surface area contributed by atoms with Crippen molar-refractivity contribution in [2.45, 2.75) is 33.1 Å². The summed E-state index contributed by atoms with van der Waals surface area (Å²) in [6.07, 6.45) is 5.42. The number of hydrogen-bond donors (Lipinski definition) is 0. The van der Waals surface area contributed by atoms with Gasteiger partial charge in [0.15, 0.2) is 0 Å². The molecule has 1 aliphatic carbocycles. The first kappa shape index (κ1) is 8.33. The Morgan fingerprint density at radius 3 is 2.73 bits per heavy atom. The summed E-state index contributed by atoms with van der Waals surface area (Å²) in [7, 11) is 0. The van der Waals surface area contributed by atoms with Gasteiger partial charge in [0.05, 0.1) is 6.07 Å². The van der Waals surface area contributed by atoms with E-state index < -0.39 is 0 Å². The van der Waals surface area contributed by atoms with Gasteiger partial charge in [0, 0.05) is 5.57 Å². The standard InChI is InChI=1S/C10H15N/c1-8(2)10-5-3-9(7-11)4-6-10/h3,8,10H,4-6H2,1-2H3. The van der Waals surface area contributed by atoms with Crippen LogP contribution >= 0.6 is 0 Å². The molecule has 0 amide bonds. The van der Waals surface area contributed by atoms with Crippen LogP contribution in [0.4, 0.5) is 0 Å². The highest BCUT2D eigenvalue weighted by Crippen LogP contribution is 2.28. The largest absolute Gasteiger partial charge is 0.193 e. The van der Waals surface area contributed by atoms with Crippen LogP contribution in [0, 0.1) is 23.2 Å². The molecule has 0 radical (unpaired) electrons. The van der Waals surface area contributed by atoms with Gasteiger partial charge in [-0.15, -0.1) is 0 Å². The quantitative estimate of drug-likeness (QED) is 0.562. The average Bonchev–Trinajstić information content (AvgIpc) is 2.05. The normalized spacial score (nSPS) is 24.5. The van der Waals surface area contributed by atoms with Gasteiger partial charge in [-0.3, -0.25) is 0 Å². The molecule has 1 unspecified atom stereocenters. The van der Waals surface area contributed by atoms with Crippen LogP contribution in [0.5, 0.6) is 0 Å². The summed E-state index contributed by atoms with van der Waals surface area (Å²) in [5.74, 6) is 1.58. The van der Waals surface area contributed by atoms with Crippen molar-refractivity contribution in [1.82, 2.24) is 0 Å². The molecule has 1 heteroatoms. The van der Waals surface area contributed by atoms with Crippen molar-refractivity contribution in [3.05, 3.63) is 11.6 Å². The minimum absolute atomic E-state index is 0.770.